The number of alkyl carbamates (subject to hydrolysis) is 1. The van der Waals surface area contributed by atoms with E-state index in [4.69, 9.17) is 23.7 Å². The summed E-state index contributed by atoms with van der Waals surface area (Å²) in [7, 11) is 8.81. The number of hydrogen-bond donors (Lipinski definition) is 1. The Morgan fingerprint density at radius 2 is 1.67 bits per heavy atom. The molecular formula is C33H52N2O8S2. The van der Waals surface area contributed by atoms with Crippen LogP contribution in [0.4, 0.5) is 9.59 Å². The lowest BCUT2D eigenvalue weighted by atomic mass is 9.71. The molecule has 0 aromatic heterocycles. The zero-order chi connectivity index (χ0) is 32.5. The van der Waals surface area contributed by atoms with Crippen LogP contribution in [0, 0.1) is 11.3 Å². The van der Waals surface area contributed by atoms with E-state index in [0.29, 0.717) is 31.1 Å². The quantitative estimate of drug-likeness (QED) is 0.0818. The molecule has 2 aliphatic carbocycles. The number of nitrogens with one attached hydrogen (secondary N) is 1. The fraction of sp³-hybridized carbons (Fsp3) is 0.727. The van der Waals surface area contributed by atoms with E-state index in [1.54, 1.807) is 35.6 Å². The van der Waals surface area contributed by atoms with Gasteiger partial charge in [-0.25, -0.2) is 9.59 Å². The molecule has 0 spiro atoms. The molecule has 10 nitrogen and oxygen atoms in total. The van der Waals surface area contributed by atoms with Crippen LogP contribution in [0.5, 0.6) is 5.75 Å². The maximum atomic E-state index is 13.0. The average Bonchev–Trinajstić information content (AvgIpc) is 3.02. The standard InChI is InChI=1S/C33H52N2O8S2/c1-5-40-29(36)23-32(15-8-6-9-16-32)25-34-30(37)41-18-20-44-45-21-19-42-31(38)43-33(26-13-11-14-28(22-26)39-4)17-10-7-12-27(33)24-35(2)3/h11,13-14,22,27H,5-10,12,15-21,23-25H2,1-4H3,(H,34,37)/t27-,33+/m1/s1. The molecule has 0 aliphatic heterocycles. The van der Waals surface area contributed by atoms with E-state index in [9.17, 15) is 14.4 Å². The van der Waals surface area contributed by atoms with Crippen molar-refractivity contribution in [1.82, 2.24) is 10.2 Å². The minimum atomic E-state index is -0.774. The number of ether oxygens (including phenoxy) is 5. The van der Waals surface area contributed by atoms with Crippen LogP contribution >= 0.6 is 21.6 Å². The van der Waals surface area contributed by atoms with Crippen molar-refractivity contribution < 1.29 is 38.1 Å². The van der Waals surface area contributed by atoms with E-state index in [2.05, 4.69) is 10.2 Å². The van der Waals surface area contributed by atoms with Crippen molar-refractivity contribution in [2.24, 2.45) is 11.3 Å². The number of methoxy groups -OCH3 is 1. The Labute approximate surface area is 276 Å². The molecule has 3 rings (SSSR count). The summed E-state index contributed by atoms with van der Waals surface area (Å²) >= 11 is 0. The molecule has 2 saturated carbocycles. The molecule has 2 fully saturated rings. The summed E-state index contributed by atoms with van der Waals surface area (Å²) in [6.07, 6.45) is 7.99. The predicted molar refractivity (Wildman–Crippen MR) is 179 cm³/mol. The van der Waals surface area contributed by atoms with Crippen LogP contribution in [0.25, 0.3) is 0 Å². The molecule has 0 radical (unpaired) electrons. The molecule has 0 saturated heterocycles. The number of carbonyl (C=O) groups is 3. The topological polar surface area (TPSA) is 113 Å². The first-order valence-corrected chi connectivity index (χ1v) is 18.7. The van der Waals surface area contributed by atoms with Crippen molar-refractivity contribution in [3.05, 3.63) is 29.8 Å². The van der Waals surface area contributed by atoms with Crippen LogP contribution in [-0.2, 0) is 29.3 Å². The van der Waals surface area contributed by atoms with Gasteiger partial charge in [0.2, 0.25) is 0 Å². The second-order valence-corrected chi connectivity index (χ2v) is 14.9. The van der Waals surface area contributed by atoms with Crippen molar-refractivity contribution in [2.45, 2.75) is 76.7 Å². The van der Waals surface area contributed by atoms with Crippen molar-refractivity contribution in [2.75, 3.05) is 65.6 Å². The second-order valence-electron chi connectivity index (χ2n) is 12.2. The first-order chi connectivity index (χ1) is 21.7. The molecule has 45 heavy (non-hydrogen) atoms. The molecule has 1 aromatic carbocycles. The summed E-state index contributed by atoms with van der Waals surface area (Å²) in [5, 5.41) is 2.87. The number of nitrogens with zero attached hydrogens (tertiary/aromatic N) is 1. The number of hydrogen-bond acceptors (Lipinski definition) is 11. The maximum Gasteiger partial charge on any atom is 0.509 e. The molecule has 0 unspecified atom stereocenters. The molecule has 254 valence electrons. The summed E-state index contributed by atoms with van der Waals surface area (Å²) in [5.41, 5.74) is -0.0940. The van der Waals surface area contributed by atoms with Gasteiger partial charge in [-0.3, -0.25) is 4.79 Å². The molecule has 0 heterocycles. The van der Waals surface area contributed by atoms with Crippen molar-refractivity contribution in [3.63, 3.8) is 0 Å². The number of amides is 1. The van der Waals surface area contributed by atoms with Crippen LogP contribution in [0.15, 0.2) is 24.3 Å². The molecule has 1 amide bonds. The van der Waals surface area contributed by atoms with Crippen molar-refractivity contribution in [3.8, 4) is 5.75 Å². The van der Waals surface area contributed by atoms with Crippen molar-refractivity contribution >= 4 is 39.8 Å². The summed E-state index contributed by atoms with van der Waals surface area (Å²) < 4.78 is 27.7. The molecule has 1 N–H and O–H groups in total. The molecule has 1 aromatic rings. The number of carbonyl (C=O) groups excluding carboxylic acids is 3. The smallest absolute Gasteiger partial charge is 0.497 e. The third-order valence-electron chi connectivity index (χ3n) is 8.64. The second kappa shape index (κ2) is 19.4. The minimum absolute atomic E-state index is 0.133. The highest BCUT2D eigenvalue weighted by molar-refractivity contribution is 8.76. The average molecular weight is 669 g/mol. The van der Waals surface area contributed by atoms with Gasteiger partial charge < -0.3 is 33.9 Å². The van der Waals surface area contributed by atoms with Gasteiger partial charge in [-0.1, -0.05) is 59.4 Å². The molecule has 12 heteroatoms. The monoisotopic (exact) mass is 668 g/mol. The Balaban J connectivity index is 1.37. The lowest BCUT2D eigenvalue weighted by Crippen LogP contribution is -2.46. The number of rotatable bonds is 17. The van der Waals surface area contributed by atoms with Gasteiger partial charge in [0.25, 0.3) is 0 Å². The Morgan fingerprint density at radius 1 is 0.956 bits per heavy atom. The van der Waals surface area contributed by atoms with E-state index in [-0.39, 0.29) is 30.5 Å². The third-order valence-corrected chi connectivity index (χ3v) is 11.0. The van der Waals surface area contributed by atoms with Gasteiger partial charge in [-0.05, 0) is 76.2 Å². The molecule has 2 aliphatic rings. The largest absolute Gasteiger partial charge is 0.509 e. The van der Waals surface area contributed by atoms with E-state index >= 15 is 0 Å². The highest BCUT2D eigenvalue weighted by Crippen LogP contribution is 2.46. The first-order valence-electron chi connectivity index (χ1n) is 16.2. The Hall–Kier alpha value is -2.31. The number of benzene rings is 1. The third kappa shape index (κ3) is 12.1. The molecular weight excluding hydrogens is 617 g/mol. The zero-order valence-corrected chi connectivity index (χ0v) is 29.1. The predicted octanol–water partition coefficient (Wildman–Crippen LogP) is 6.81. The SMILES string of the molecule is CCOC(=O)CC1(CNC(=O)OCCSSCCOC(=O)O[C@]2(c3cccc(OC)c3)CCCC[C@@H]2CN(C)C)CCCCC1. The van der Waals surface area contributed by atoms with E-state index < -0.39 is 17.8 Å². The summed E-state index contributed by atoms with van der Waals surface area (Å²) in [5.74, 6) is 1.83. The molecule has 2 atom stereocenters. The fourth-order valence-electron chi connectivity index (χ4n) is 6.52. The fourth-order valence-corrected chi connectivity index (χ4v) is 8.18. The highest BCUT2D eigenvalue weighted by Gasteiger charge is 2.46. The van der Waals surface area contributed by atoms with E-state index in [1.165, 1.54) is 0 Å². The Bertz CT molecular complexity index is 1070. The minimum Gasteiger partial charge on any atom is -0.497 e. The van der Waals surface area contributed by atoms with Crippen molar-refractivity contribution in [1.29, 1.82) is 0 Å². The van der Waals surface area contributed by atoms with E-state index in [1.807, 2.05) is 38.4 Å². The Morgan fingerprint density at radius 3 is 2.36 bits per heavy atom. The molecule has 0 bridgehead atoms. The zero-order valence-electron chi connectivity index (χ0n) is 27.4. The van der Waals surface area contributed by atoms with Gasteiger partial charge in [-0.15, -0.1) is 0 Å². The van der Waals surface area contributed by atoms with Gasteiger partial charge in [-0.2, -0.15) is 0 Å². The maximum absolute atomic E-state index is 13.0. The lowest BCUT2D eigenvalue weighted by molar-refractivity contribution is -0.146. The first kappa shape index (κ1) is 37.2. The van der Waals surface area contributed by atoms with Gasteiger partial charge in [0, 0.05) is 30.5 Å². The van der Waals surface area contributed by atoms with Crippen LogP contribution in [-0.4, -0.2) is 88.7 Å². The van der Waals surface area contributed by atoms with Gasteiger partial charge in [0.15, 0.2) is 0 Å². The summed E-state index contributed by atoms with van der Waals surface area (Å²) in [4.78, 5) is 39.6. The van der Waals surface area contributed by atoms with Crippen LogP contribution in [0.3, 0.4) is 0 Å². The lowest BCUT2D eigenvalue weighted by Gasteiger charge is -2.44. The number of esters is 1. The van der Waals surface area contributed by atoms with Crippen LogP contribution < -0.4 is 10.1 Å². The van der Waals surface area contributed by atoms with Gasteiger partial charge in [0.1, 0.15) is 24.6 Å². The summed E-state index contributed by atoms with van der Waals surface area (Å²) in [6, 6.07) is 7.81. The van der Waals surface area contributed by atoms with E-state index in [0.717, 1.165) is 75.6 Å². The Kier molecular flexibility index (Phi) is 16.0. The van der Waals surface area contributed by atoms with Crippen LogP contribution in [0.1, 0.15) is 76.7 Å². The highest BCUT2D eigenvalue weighted by atomic mass is 33.1. The summed E-state index contributed by atoms with van der Waals surface area (Å²) in [6.45, 7) is 3.84. The van der Waals surface area contributed by atoms with Crippen LogP contribution in [0.2, 0.25) is 0 Å². The normalized spacial score (nSPS) is 21.0. The van der Waals surface area contributed by atoms with Gasteiger partial charge >= 0.3 is 18.2 Å². The van der Waals surface area contributed by atoms with Gasteiger partial charge in [0.05, 0.1) is 20.1 Å².